The van der Waals surface area contributed by atoms with E-state index in [1.807, 2.05) is 25.1 Å². The van der Waals surface area contributed by atoms with Crippen LogP contribution in [0.4, 0.5) is 0 Å². The molecule has 82 valence electrons. The molecule has 15 heavy (non-hydrogen) atoms. The first-order valence-corrected chi connectivity index (χ1v) is 5.64. The van der Waals surface area contributed by atoms with Crippen molar-refractivity contribution in [2.24, 2.45) is 0 Å². The fourth-order valence-corrected chi connectivity index (χ4v) is 2.17. The first-order valence-electron chi connectivity index (χ1n) is 5.64. The topological polar surface area (TPSA) is 29.5 Å². The van der Waals surface area contributed by atoms with E-state index in [0.29, 0.717) is 0 Å². The number of benzene rings is 1. The fourth-order valence-electron chi connectivity index (χ4n) is 2.17. The van der Waals surface area contributed by atoms with Gasteiger partial charge in [-0.05, 0) is 31.7 Å². The van der Waals surface area contributed by atoms with Gasteiger partial charge in [-0.3, -0.25) is 0 Å². The van der Waals surface area contributed by atoms with E-state index >= 15 is 0 Å². The van der Waals surface area contributed by atoms with Crippen LogP contribution in [0.5, 0.6) is 0 Å². The molecule has 2 rings (SSSR count). The van der Waals surface area contributed by atoms with Crippen LogP contribution in [0, 0.1) is 0 Å². The standard InChI is InChI=1S/C13H18O2/c1-10(14)9-12-7-8-13(15-12)11-5-3-2-4-6-11/h2-6,10,12-14H,7-9H2,1H3/t10?,12-,13+/m0/s1. The average molecular weight is 206 g/mol. The van der Waals surface area contributed by atoms with E-state index in [0.717, 1.165) is 19.3 Å². The molecule has 1 unspecified atom stereocenters. The van der Waals surface area contributed by atoms with E-state index in [9.17, 15) is 5.11 Å². The molecular weight excluding hydrogens is 188 g/mol. The summed E-state index contributed by atoms with van der Waals surface area (Å²) in [5.41, 5.74) is 1.26. The Bertz CT molecular complexity index is 295. The van der Waals surface area contributed by atoms with E-state index in [4.69, 9.17) is 4.74 Å². The van der Waals surface area contributed by atoms with E-state index in [-0.39, 0.29) is 18.3 Å². The van der Waals surface area contributed by atoms with Gasteiger partial charge in [-0.2, -0.15) is 0 Å². The third kappa shape index (κ3) is 2.80. The Balaban J connectivity index is 1.93. The van der Waals surface area contributed by atoms with Crippen LogP contribution in [0.15, 0.2) is 30.3 Å². The van der Waals surface area contributed by atoms with Crippen molar-refractivity contribution in [3.05, 3.63) is 35.9 Å². The second-order valence-corrected chi connectivity index (χ2v) is 4.32. The van der Waals surface area contributed by atoms with Crippen LogP contribution in [0.3, 0.4) is 0 Å². The van der Waals surface area contributed by atoms with E-state index < -0.39 is 0 Å². The summed E-state index contributed by atoms with van der Waals surface area (Å²) in [7, 11) is 0. The molecule has 1 N–H and O–H groups in total. The number of ether oxygens (including phenoxy) is 1. The van der Waals surface area contributed by atoms with Crippen LogP contribution in [-0.2, 0) is 4.74 Å². The van der Waals surface area contributed by atoms with E-state index in [1.165, 1.54) is 5.56 Å². The first-order chi connectivity index (χ1) is 7.25. The van der Waals surface area contributed by atoms with Crippen LogP contribution < -0.4 is 0 Å². The molecule has 1 aromatic rings. The van der Waals surface area contributed by atoms with Gasteiger partial charge in [0.05, 0.1) is 18.3 Å². The number of rotatable bonds is 3. The normalized spacial score (nSPS) is 27.9. The molecule has 0 amide bonds. The molecule has 1 fully saturated rings. The summed E-state index contributed by atoms with van der Waals surface area (Å²) in [6.07, 6.45) is 3.09. The van der Waals surface area contributed by atoms with Crippen molar-refractivity contribution in [1.29, 1.82) is 0 Å². The maximum atomic E-state index is 9.29. The molecule has 2 heteroatoms. The third-order valence-corrected chi connectivity index (χ3v) is 2.88. The van der Waals surface area contributed by atoms with Crippen LogP contribution in [-0.4, -0.2) is 17.3 Å². The zero-order valence-electron chi connectivity index (χ0n) is 9.10. The van der Waals surface area contributed by atoms with Gasteiger partial charge in [0.2, 0.25) is 0 Å². The highest BCUT2D eigenvalue weighted by Crippen LogP contribution is 2.34. The lowest BCUT2D eigenvalue weighted by Gasteiger charge is -2.15. The Morgan fingerprint density at radius 2 is 2.07 bits per heavy atom. The third-order valence-electron chi connectivity index (χ3n) is 2.88. The fraction of sp³-hybridized carbons (Fsp3) is 0.538. The van der Waals surface area contributed by atoms with Gasteiger partial charge >= 0.3 is 0 Å². The quantitative estimate of drug-likeness (QED) is 0.824. The van der Waals surface area contributed by atoms with Gasteiger partial charge in [0.1, 0.15) is 0 Å². The summed E-state index contributed by atoms with van der Waals surface area (Å²) < 4.78 is 5.90. The van der Waals surface area contributed by atoms with Crippen LogP contribution >= 0.6 is 0 Å². The molecule has 1 aromatic carbocycles. The van der Waals surface area contributed by atoms with Gasteiger partial charge in [0, 0.05) is 0 Å². The predicted molar refractivity (Wildman–Crippen MR) is 59.6 cm³/mol. The molecule has 3 atom stereocenters. The van der Waals surface area contributed by atoms with Crippen molar-refractivity contribution in [3.8, 4) is 0 Å². The minimum atomic E-state index is -0.260. The second-order valence-electron chi connectivity index (χ2n) is 4.32. The Kier molecular flexibility index (Phi) is 3.39. The lowest BCUT2D eigenvalue weighted by molar-refractivity contribution is 0.0154. The minimum Gasteiger partial charge on any atom is -0.393 e. The summed E-state index contributed by atoms with van der Waals surface area (Å²) in [6.45, 7) is 1.82. The molecular formula is C13H18O2. The highest BCUT2D eigenvalue weighted by Gasteiger charge is 2.26. The molecule has 1 aliphatic rings. The zero-order chi connectivity index (χ0) is 10.7. The summed E-state index contributed by atoms with van der Waals surface area (Å²) >= 11 is 0. The second kappa shape index (κ2) is 4.77. The Morgan fingerprint density at radius 1 is 1.33 bits per heavy atom. The zero-order valence-corrected chi connectivity index (χ0v) is 9.10. The molecule has 1 aliphatic heterocycles. The lowest BCUT2D eigenvalue weighted by atomic mass is 10.1. The molecule has 0 aromatic heterocycles. The number of aliphatic hydroxyl groups is 1. The van der Waals surface area contributed by atoms with Gasteiger partial charge in [-0.15, -0.1) is 0 Å². The van der Waals surface area contributed by atoms with E-state index in [1.54, 1.807) is 0 Å². The van der Waals surface area contributed by atoms with Crippen molar-refractivity contribution in [2.75, 3.05) is 0 Å². The molecule has 0 bridgehead atoms. The molecule has 1 heterocycles. The monoisotopic (exact) mass is 206 g/mol. The van der Waals surface area contributed by atoms with Gasteiger partial charge in [-0.1, -0.05) is 30.3 Å². The van der Waals surface area contributed by atoms with Gasteiger partial charge in [0.15, 0.2) is 0 Å². The van der Waals surface area contributed by atoms with Crippen molar-refractivity contribution in [3.63, 3.8) is 0 Å². The number of hydrogen-bond acceptors (Lipinski definition) is 2. The Hall–Kier alpha value is -0.860. The van der Waals surface area contributed by atoms with Crippen LogP contribution in [0.1, 0.15) is 37.9 Å². The smallest absolute Gasteiger partial charge is 0.0829 e. The lowest BCUT2D eigenvalue weighted by Crippen LogP contribution is -2.14. The van der Waals surface area contributed by atoms with Gasteiger partial charge in [-0.25, -0.2) is 0 Å². The summed E-state index contributed by atoms with van der Waals surface area (Å²) in [5.74, 6) is 0. The summed E-state index contributed by atoms with van der Waals surface area (Å²) in [5, 5.41) is 9.29. The maximum absolute atomic E-state index is 9.29. The Morgan fingerprint density at radius 3 is 2.73 bits per heavy atom. The molecule has 1 saturated heterocycles. The largest absolute Gasteiger partial charge is 0.393 e. The van der Waals surface area contributed by atoms with Gasteiger partial charge in [0.25, 0.3) is 0 Å². The molecule has 0 saturated carbocycles. The van der Waals surface area contributed by atoms with Crippen molar-refractivity contribution < 1.29 is 9.84 Å². The van der Waals surface area contributed by atoms with Crippen molar-refractivity contribution >= 4 is 0 Å². The van der Waals surface area contributed by atoms with Gasteiger partial charge < -0.3 is 9.84 Å². The van der Waals surface area contributed by atoms with Crippen molar-refractivity contribution in [1.82, 2.24) is 0 Å². The molecule has 0 radical (unpaired) electrons. The SMILES string of the molecule is CC(O)C[C@@H]1CC[C@H](c2ccccc2)O1. The number of aliphatic hydroxyl groups excluding tert-OH is 1. The minimum absolute atomic E-state index is 0.231. The summed E-state index contributed by atoms with van der Waals surface area (Å²) in [6, 6.07) is 10.3. The molecule has 0 aliphatic carbocycles. The average Bonchev–Trinajstić information content (AvgIpc) is 2.67. The predicted octanol–water partition coefficient (Wildman–Crippen LogP) is 2.68. The first kappa shape index (κ1) is 10.7. The van der Waals surface area contributed by atoms with Crippen molar-refractivity contribution in [2.45, 2.75) is 44.5 Å². The van der Waals surface area contributed by atoms with Crippen LogP contribution in [0.2, 0.25) is 0 Å². The van der Waals surface area contributed by atoms with Crippen LogP contribution in [0.25, 0.3) is 0 Å². The highest BCUT2D eigenvalue weighted by atomic mass is 16.5. The molecule has 2 nitrogen and oxygen atoms in total. The Labute approximate surface area is 90.9 Å². The number of hydrogen-bond donors (Lipinski definition) is 1. The molecule has 0 spiro atoms. The maximum Gasteiger partial charge on any atom is 0.0829 e. The van der Waals surface area contributed by atoms with E-state index in [2.05, 4.69) is 12.1 Å². The summed E-state index contributed by atoms with van der Waals surface area (Å²) in [4.78, 5) is 0. The highest BCUT2D eigenvalue weighted by molar-refractivity contribution is 5.18.